The highest BCUT2D eigenvalue weighted by molar-refractivity contribution is 7.90. The van der Waals surface area contributed by atoms with Gasteiger partial charge in [0.1, 0.15) is 11.9 Å². The van der Waals surface area contributed by atoms with E-state index >= 15 is 0 Å². The molecule has 2 aliphatic heterocycles. The van der Waals surface area contributed by atoms with Gasteiger partial charge >= 0.3 is 11.9 Å². The summed E-state index contributed by atoms with van der Waals surface area (Å²) in [7, 11) is -3.43. The van der Waals surface area contributed by atoms with Crippen molar-refractivity contribution in [1.29, 1.82) is 0 Å². The van der Waals surface area contributed by atoms with Crippen LogP contribution in [0.1, 0.15) is 26.2 Å². The second-order valence-electron chi connectivity index (χ2n) is 6.14. The zero-order chi connectivity index (χ0) is 18.0. The van der Waals surface area contributed by atoms with Crippen molar-refractivity contribution in [3.8, 4) is 0 Å². The second-order valence-corrected chi connectivity index (χ2v) is 7.89. The third-order valence-corrected chi connectivity index (χ3v) is 5.30. The van der Waals surface area contributed by atoms with Crippen molar-refractivity contribution < 1.29 is 27.5 Å². The number of esters is 2. The van der Waals surface area contributed by atoms with Crippen LogP contribution in [0.15, 0.2) is 28.3 Å². The third-order valence-electron chi connectivity index (χ3n) is 4.14. The first-order chi connectivity index (χ1) is 11.9. The number of nitrogens with zero attached hydrogens (tertiary/aromatic N) is 2. The number of sulfonamides is 1. The Labute approximate surface area is 146 Å². The van der Waals surface area contributed by atoms with Crippen LogP contribution in [0, 0.1) is 5.92 Å². The number of hydrogen-bond acceptors (Lipinski definition) is 7. The summed E-state index contributed by atoms with van der Waals surface area (Å²) >= 11 is 0. The molecule has 0 aromatic heterocycles. The van der Waals surface area contributed by atoms with Crippen molar-refractivity contribution in [3.05, 3.63) is 23.9 Å². The highest BCUT2D eigenvalue weighted by Crippen LogP contribution is 2.36. The van der Waals surface area contributed by atoms with Crippen LogP contribution in [-0.2, 0) is 29.1 Å². The summed E-state index contributed by atoms with van der Waals surface area (Å²) in [6, 6.07) is 0. The number of carbonyl (C=O) groups is 2. The van der Waals surface area contributed by atoms with Gasteiger partial charge in [0.25, 0.3) is 10.0 Å². The molecule has 1 unspecified atom stereocenters. The van der Waals surface area contributed by atoms with Crippen molar-refractivity contribution >= 4 is 27.8 Å². The van der Waals surface area contributed by atoms with E-state index in [0.29, 0.717) is 5.57 Å². The summed E-state index contributed by atoms with van der Waals surface area (Å²) in [5.41, 5.74) is 0.299. The molecule has 0 N–H and O–H groups in total. The Hall–Kier alpha value is -2.16. The molecule has 0 amide bonds. The third kappa shape index (κ3) is 4.47. The highest BCUT2D eigenvalue weighted by Gasteiger charge is 2.36. The average molecular weight is 368 g/mol. The van der Waals surface area contributed by atoms with Gasteiger partial charge in [-0.25, -0.2) is 13.2 Å². The van der Waals surface area contributed by atoms with E-state index in [0.717, 1.165) is 12.8 Å². The van der Waals surface area contributed by atoms with E-state index in [2.05, 4.69) is 4.40 Å². The average Bonchev–Trinajstić information content (AvgIpc) is 3.38. The number of carbonyl (C=O) groups excluding carboxylic acids is 2. The molecule has 1 saturated carbocycles. The summed E-state index contributed by atoms with van der Waals surface area (Å²) in [6.07, 6.45) is 5.90. The van der Waals surface area contributed by atoms with E-state index in [9.17, 15) is 18.0 Å². The van der Waals surface area contributed by atoms with Crippen molar-refractivity contribution in [3.63, 3.8) is 0 Å². The van der Waals surface area contributed by atoms with E-state index < -0.39 is 22.1 Å². The number of hydrogen-bond donors (Lipinski definition) is 0. The van der Waals surface area contributed by atoms with Crippen LogP contribution in [0.25, 0.3) is 0 Å². The lowest BCUT2D eigenvalue weighted by atomic mass is 10.1. The molecule has 1 fully saturated rings. The maximum Gasteiger partial charge on any atom is 0.339 e. The van der Waals surface area contributed by atoms with Crippen molar-refractivity contribution in [2.75, 3.05) is 18.9 Å². The molecule has 9 heteroatoms. The van der Waals surface area contributed by atoms with Gasteiger partial charge in [-0.3, -0.25) is 4.79 Å². The Morgan fingerprint density at radius 1 is 1.36 bits per heavy atom. The largest absolute Gasteiger partial charge is 0.466 e. The zero-order valence-corrected chi connectivity index (χ0v) is 14.7. The van der Waals surface area contributed by atoms with Gasteiger partial charge in [0.15, 0.2) is 0 Å². The fraction of sp³-hybridized carbons (Fsp3) is 0.562. The van der Waals surface area contributed by atoms with Gasteiger partial charge in [-0.05, 0) is 37.8 Å². The second kappa shape index (κ2) is 6.99. The molecule has 0 saturated heterocycles. The summed E-state index contributed by atoms with van der Waals surface area (Å²) in [5, 5.41) is 0. The lowest BCUT2D eigenvalue weighted by Crippen LogP contribution is -2.37. The number of ether oxygens (including phenoxy) is 2. The van der Waals surface area contributed by atoms with Gasteiger partial charge in [0.2, 0.25) is 0 Å². The lowest BCUT2D eigenvalue weighted by Gasteiger charge is -2.27. The number of rotatable bonds is 6. The normalized spacial score (nSPS) is 22.4. The molecule has 0 aromatic rings. The Morgan fingerprint density at radius 2 is 2.12 bits per heavy atom. The van der Waals surface area contributed by atoms with Gasteiger partial charge in [-0.2, -0.15) is 0 Å². The van der Waals surface area contributed by atoms with Crippen LogP contribution in [0.5, 0.6) is 0 Å². The van der Waals surface area contributed by atoms with Crippen molar-refractivity contribution in [2.45, 2.75) is 32.3 Å². The minimum absolute atomic E-state index is 0.0515. The molecule has 3 rings (SSSR count). The first-order valence-corrected chi connectivity index (χ1v) is 9.84. The predicted molar refractivity (Wildman–Crippen MR) is 89.0 cm³/mol. The van der Waals surface area contributed by atoms with Gasteiger partial charge in [0.05, 0.1) is 24.4 Å². The highest BCUT2D eigenvalue weighted by atomic mass is 32.2. The summed E-state index contributed by atoms with van der Waals surface area (Å²) in [6.45, 7) is 2.25. The molecule has 8 nitrogen and oxygen atoms in total. The van der Waals surface area contributed by atoms with Crippen LogP contribution in [0.2, 0.25) is 0 Å². The van der Waals surface area contributed by atoms with Crippen LogP contribution < -0.4 is 0 Å². The van der Waals surface area contributed by atoms with Gasteiger partial charge in [0, 0.05) is 12.7 Å². The van der Waals surface area contributed by atoms with E-state index in [1.54, 1.807) is 11.8 Å². The van der Waals surface area contributed by atoms with Crippen LogP contribution in [-0.4, -0.2) is 56.1 Å². The molecule has 0 aromatic carbocycles. The van der Waals surface area contributed by atoms with Crippen molar-refractivity contribution in [2.24, 2.45) is 10.3 Å². The van der Waals surface area contributed by atoms with Crippen molar-refractivity contribution in [1.82, 2.24) is 4.90 Å². The number of amidine groups is 1. The maximum absolute atomic E-state index is 12.4. The molecule has 3 aliphatic rings. The SMILES string of the molecule is CCOC(=O)CC(OC(=O)C1=CN2CCS(=O)(=O)N=C2C=C1)C1CC1. The van der Waals surface area contributed by atoms with Gasteiger partial charge in [-0.15, -0.1) is 4.40 Å². The molecule has 136 valence electrons. The first-order valence-electron chi connectivity index (χ1n) is 8.24. The topological polar surface area (TPSA) is 102 Å². The van der Waals surface area contributed by atoms with E-state index in [-0.39, 0.29) is 43.0 Å². The quantitative estimate of drug-likeness (QED) is 0.638. The molecule has 1 atom stereocenters. The minimum Gasteiger partial charge on any atom is -0.466 e. The summed E-state index contributed by atoms with van der Waals surface area (Å²) in [5.74, 6) is -0.538. The maximum atomic E-state index is 12.4. The summed E-state index contributed by atoms with van der Waals surface area (Å²) in [4.78, 5) is 25.7. The van der Waals surface area contributed by atoms with Gasteiger partial charge in [-0.1, -0.05) is 0 Å². The van der Waals surface area contributed by atoms with E-state index in [4.69, 9.17) is 9.47 Å². The molecule has 25 heavy (non-hydrogen) atoms. The summed E-state index contributed by atoms with van der Waals surface area (Å²) < 4.78 is 37.1. The lowest BCUT2D eigenvalue weighted by molar-refractivity contribution is -0.153. The molecule has 2 heterocycles. The molecule has 1 aliphatic carbocycles. The molecule has 0 spiro atoms. The van der Waals surface area contributed by atoms with Crippen LogP contribution >= 0.6 is 0 Å². The van der Waals surface area contributed by atoms with Crippen LogP contribution in [0.3, 0.4) is 0 Å². The number of fused-ring (bicyclic) bond motifs is 1. The Morgan fingerprint density at radius 3 is 2.80 bits per heavy atom. The Bertz CT molecular complexity index is 763. The smallest absolute Gasteiger partial charge is 0.339 e. The molecular formula is C16H20N2O6S. The zero-order valence-electron chi connectivity index (χ0n) is 13.9. The first kappa shape index (κ1) is 17.7. The fourth-order valence-electron chi connectivity index (χ4n) is 2.68. The predicted octanol–water partition coefficient (Wildman–Crippen LogP) is 0.759. The van der Waals surface area contributed by atoms with Gasteiger partial charge < -0.3 is 14.4 Å². The minimum atomic E-state index is -3.43. The standard InChI is InChI=1S/C16H20N2O6S/c1-2-23-15(19)9-13(11-3-4-11)24-16(20)12-5-6-14-17-25(21,22)8-7-18(14)10-12/h5-6,10-11,13H,2-4,7-9H2,1H3. The Kier molecular flexibility index (Phi) is 4.94. The molecule has 0 radical (unpaired) electrons. The Balaban J connectivity index is 1.66. The van der Waals surface area contributed by atoms with E-state index in [1.807, 2.05) is 0 Å². The molecule has 0 bridgehead atoms. The fourth-order valence-corrected chi connectivity index (χ4v) is 3.65. The molecular weight excluding hydrogens is 348 g/mol. The van der Waals surface area contributed by atoms with E-state index in [1.165, 1.54) is 18.4 Å². The van der Waals surface area contributed by atoms with Crippen LogP contribution in [0.4, 0.5) is 0 Å². The monoisotopic (exact) mass is 368 g/mol.